The molecule has 0 fully saturated rings. The smallest absolute Gasteiger partial charge is 0.263 e. The molecule has 0 saturated carbocycles. The molecule has 0 heterocycles. The molecule has 9 nitrogen and oxygen atoms in total. The van der Waals surface area contributed by atoms with Gasteiger partial charge in [0.05, 0.1) is 28.1 Å². The number of nitrogens with one attached hydrogen (secondary N) is 2. The molecule has 1 unspecified atom stereocenters. The van der Waals surface area contributed by atoms with Crippen LogP contribution in [0, 0.1) is 24.2 Å². The van der Waals surface area contributed by atoms with Crippen LogP contribution in [-0.4, -0.2) is 38.7 Å². The fourth-order valence-corrected chi connectivity index (χ4v) is 5.24. The van der Waals surface area contributed by atoms with Gasteiger partial charge in [-0.25, -0.2) is 13.1 Å². The molecule has 0 spiro atoms. The van der Waals surface area contributed by atoms with Crippen LogP contribution in [0.3, 0.4) is 0 Å². The number of nitrogens with zero attached hydrogens (tertiary/aromatic N) is 1. The average molecular weight is 570 g/mol. The first-order valence-electron chi connectivity index (χ1n) is 12.0. The first kappa shape index (κ1) is 29.6. The second-order valence-electron chi connectivity index (χ2n) is 9.43. The third kappa shape index (κ3) is 7.56. The van der Waals surface area contributed by atoms with Gasteiger partial charge in [-0.3, -0.25) is 14.4 Å². The minimum atomic E-state index is -4.02. The molecule has 0 aliphatic heterocycles. The number of benzene rings is 2. The van der Waals surface area contributed by atoms with Crippen molar-refractivity contribution >= 4 is 39.2 Å². The number of halogens is 1. The van der Waals surface area contributed by atoms with Crippen molar-refractivity contribution in [3.8, 4) is 11.8 Å². The molecule has 1 aliphatic rings. The molecule has 0 aromatic heterocycles. The van der Waals surface area contributed by atoms with Crippen molar-refractivity contribution in [1.82, 2.24) is 10.0 Å². The van der Waals surface area contributed by atoms with Crippen molar-refractivity contribution in [2.45, 2.75) is 40.2 Å². The Labute approximate surface area is 232 Å². The Kier molecular flexibility index (Phi) is 9.32. The third-order valence-corrected chi connectivity index (χ3v) is 7.50. The minimum absolute atomic E-state index is 0.0456. The normalized spacial score (nSPS) is 15.1. The number of aryl methyl sites for hydroxylation is 1. The van der Waals surface area contributed by atoms with Gasteiger partial charge in [0.1, 0.15) is 5.75 Å². The quantitative estimate of drug-likeness (QED) is 0.435. The van der Waals surface area contributed by atoms with Crippen molar-refractivity contribution in [2.75, 3.05) is 6.61 Å². The molecule has 1 atom stereocenters. The van der Waals surface area contributed by atoms with Gasteiger partial charge in [0.15, 0.2) is 12.4 Å². The molecule has 204 valence electrons. The van der Waals surface area contributed by atoms with Crippen molar-refractivity contribution in [2.24, 2.45) is 5.92 Å². The summed E-state index contributed by atoms with van der Waals surface area (Å²) in [6.07, 6.45) is 3.03. The van der Waals surface area contributed by atoms with Crippen molar-refractivity contribution in [3.63, 3.8) is 0 Å². The van der Waals surface area contributed by atoms with E-state index in [1.807, 2.05) is 10.8 Å². The Bertz CT molecular complexity index is 1540. The number of nitriles is 1. The molecular weight excluding hydrogens is 542 g/mol. The highest BCUT2D eigenvalue weighted by Gasteiger charge is 2.26. The Morgan fingerprint density at radius 1 is 1.15 bits per heavy atom. The second kappa shape index (κ2) is 12.3. The van der Waals surface area contributed by atoms with Crippen molar-refractivity contribution in [3.05, 3.63) is 86.3 Å². The fourth-order valence-electron chi connectivity index (χ4n) is 3.79. The van der Waals surface area contributed by atoms with Crippen LogP contribution in [0.15, 0.2) is 59.0 Å². The van der Waals surface area contributed by atoms with Gasteiger partial charge in [0, 0.05) is 16.5 Å². The molecule has 2 aromatic rings. The Morgan fingerprint density at radius 2 is 1.87 bits per heavy atom. The summed E-state index contributed by atoms with van der Waals surface area (Å²) in [4.78, 5) is 37.7. The van der Waals surface area contributed by atoms with Crippen LogP contribution in [-0.2, 0) is 19.6 Å². The summed E-state index contributed by atoms with van der Waals surface area (Å²) in [6.45, 7) is 6.21. The average Bonchev–Trinajstić information content (AvgIpc) is 2.87. The summed E-state index contributed by atoms with van der Waals surface area (Å²) in [5.41, 5.74) is 2.08. The highest BCUT2D eigenvalue weighted by atomic mass is 35.5. The summed E-state index contributed by atoms with van der Waals surface area (Å²) in [5.74, 6) is -1.87. The van der Waals surface area contributed by atoms with Crippen molar-refractivity contribution in [1.29, 1.82) is 5.26 Å². The predicted octanol–water partition coefficient (Wildman–Crippen LogP) is 3.95. The van der Waals surface area contributed by atoms with E-state index in [1.54, 1.807) is 39.8 Å². The van der Waals surface area contributed by atoms with Crippen LogP contribution in [0.4, 0.5) is 0 Å². The second-order valence-corrected chi connectivity index (χ2v) is 11.6. The molecule has 2 aromatic carbocycles. The van der Waals surface area contributed by atoms with Gasteiger partial charge < -0.3 is 10.1 Å². The highest BCUT2D eigenvalue weighted by Crippen LogP contribution is 2.27. The summed E-state index contributed by atoms with van der Waals surface area (Å²) < 4.78 is 32.7. The first-order valence-corrected chi connectivity index (χ1v) is 13.9. The molecule has 0 radical (unpaired) electrons. The standard InChI is InChI=1S/C28H28ClN3O6S/c1-16(2)28(35)32-39(36,37)22-6-7-24(18(4)11-22)31-26(33)15-38-25-8-5-21(29)13-23(25)27(34)20-10-17(3)9-19(12-20)14-30/h5-6,8-13,16,24H,7,15H2,1-4H3,(H,31,33)(H,32,35). The van der Waals surface area contributed by atoms with Crippen LogP contribution < -0.4 is 14.8 Å². The lowest BCUT2D eigenvalue weighted by Gasteiger charge is -2.23. The van der Waals surface area contributed by atoms with E-state index in [0.29, 0.717) is 16.2 Å². The van der Waals surface area contributed by atoms with Crippen LogP contribution in [0.1, 0.15) is 54.2 Å². The van der Waals surface area contributed by atoms with Gasteiger partial charge in [-0.2, -0.15) is 5.26 Å². The van der Waals surface area contributed by atoms with Crippen LogP contribution >= 0.6 is 11.6 Å². The van der Waals surface area contributed by atoms with E-state index in [0.717, 1.165) is 5.56 Å². The lowest BCUT2D eigenvalue weighted by molar-refractivity contribution is -0.123. The number of amides is 2. The highest BCUT2D eigenvalue weighted by molar-refractivity contribution is 7.94. The molecule has 2 N–H and O–H groups in total. The molecule has 0 bridgehead atoms. The van der Waals surface area contributed by atoms with Crippen LogP contribution in [0.5, 0.6) is 5.75 Å². The monoisotopic (exact) mass is 569 g/mol. The number of ketones is 1. The number of carbonyl (C=O) groups is 3. The van der Waals surface area contributed by atoms with E-state index < -0.39 is 46.2 Å². The fraction of sp³-hybridized carbons (Fsp3) is 0.286. The topological polar surface area (TPSA) is 142 Å². The zero-order chi connectivity index (χ0) is 28.9. The van der Waals surface area contributed by atoms with E-state index in [1.165, 1.54) is 36.4 Å². The number of ether oxygens (including phenoxy) is 1. The minimum Gasteiger partial charge on any atom is -0.483 e. The van der Waals surface area contributed by atoms with Crippen LogP contribution in [0.25, 0.3) is 0 Å². The van der Waals surface area contributed by atoms with Gasteiger partial charge in [-0.05, 0) is 73.9 Å². The van der Waals surface area contributed by atoms with E-state index in [-0.39, 0.29) is 28.2 Å². The summed E-state index contributed by atoms with van der Waals surface area (Å²) in [6, 6.07) is 10.8. The van der Waals surface area contributed by atoms with E-state index in [2.05, 4.69) is 5.32 Å². The molecule has 1 aliphatic carbocycles. The molecule has 11 heteroatoms. The number of rotatable bonds is 9. The largest absolute Gasteiger partial charge is 0.483 e. The third-order valence-electron chi connectivity index (χ3n) is 5.89. The lowest BCUT2D eigenvalue weighted by Crippen LogP contribution is -2.40. The molecular formula is C28H28ClN3O6S. The number of hydrogen-bond donors (Lipinski definition) is 2. The Hall–Kier alpha value is -3.94. The lowest BCUT2D eigenvalue weighted by atomic mass is 9.98. The number of hydrogen-bond acceptors (Lipinski definition) is 7. The Balaban J connectivity index is 1.68. The van der Waals surface area contributed by atoms with Gasteiger partial charge in [-0.1, -0.05) is 31.5 Å². The van der Waals surface area contributed by atoms with Gasteiger partial charge in [-0.15, -0.1) is 0 Å². The summed E-state index contributed by atoms with van der Waals surface area (Å²) in [7, 11) is -4.02. The van der Waals surface area contributed by atoms with Crippen LogP contribution in [0.2, 0.25) is 5.02 Å². The number of allylic oxidation sites excluding steroid dienone is 1. The zero-order valence-electron chi connectivity index (χ0n) is 21.9. The van der Waals surface area contributed by atoms with Gasteiger partial charge >= 0.3 is 0 Å². The first-order chi connectivity index (χ1) is 18.3. The van der Waals surface area contributed by atoms with Gasteiger partial charge in [0.2, 0.25) is 5.91 Å². The van der Waals surface area contributed by atoms with E-state index >= 15 is 0 Å². The molecule has 3 rings (SSSR count). The predicted molar refractivity (Wildman–Crippen MR) is 147 cm³/mol. The van der Waals surface area contributed by atoms with Crippen molar-refractivity contribution < 1.29 is 27.5 Å². The maximum absolute atomic E-state index is 13.2. The maximum Gasteiger partial charge on any atom is 0.263 e. The number of carbonyl (C=O) groups excluding carboxylic acids is 3. The maximum atomic E-state index is 13.2. The summed E-state index contributed by atoms with van der Waals surface area (Å²) >= 11 is 6.12. The number of sulfonamides is 1. The molecule has 0 saturated heterocycles. The van der Waals surface area contributed by atoms with E-state index in [4.69, 9.17) is 16.3 Å². The molecule has 39 heavy (non-hydrogen) atoms. The SMILES string of the molecule is CC1=CC(S(=O)(=O)NC(=O)C(C)C)=CCC1NC(=O)COc1ccc(Cl)cc1C(=O)c1cc(C)cc(C#N)c1. The molecule has 2 amide bonds. The van der Waals surface area contributed by atoms with E-state index in [9.17, 15) is 28.1 Å². The summed E-state index contributed by atoms with van der Waals surface area (Å²) in [5, 5.41) is 12.3. The van der Waals surface area contributed by atoms with Gasteiger partial charge in [0.25, 0.3) is 15.9 Å². The zero-order valence-corrected chi connectivity index (χ0v) is 23.4. The Morgan fingerprint density at radius 3 is 2.51 bits per heavy atom.